The number of carbonyl (C=O) groups is 1. The molecule has 19 heavy (non-hydrogen) atoms. The van der Waals surface area contributed by atoms with Gasteiger partial charge in [-0.2, -0.15) is 0 Å². The SMILES string of the molecule is CCOC(=O)c1c(O)cc2c3ccccc3ccn12. The highest BCUT2D eigenvalue weighted by Gasteiger charge is 2.19. The van der Waals surface area contributed by atoms with Crippen molar-refractivity contribution in [3.63, 3.8) is 0 Å². The zero-order chi connectivity index (χ0) is 13.4. The average molecular weight is 255 g/mol. The second kappa shape index (κ2) is 4.31. The summed E-state index contributed by atoms with van der Waals surface area (Å²) in [6.07, 6.45) is 1.77. The molecule has 4 nitrogen and oxygen atoms in total. The second-order valence-electron chi connectivity index (χ2n) is 4.26. The lowest BCUT2D eigenvalue weighted by Crippen LogP contribution is -2.08. The molecule has 0 atom stereocenters. The topological polar surface area (TPSA) is 50.9 Å². The summed E-state index contributed by atoms with van der Waals surface area (Å²) >= 11 is 0. The van der Waals surface area contributed by atoms with E-state index in [1.54, 1.807) is 23.6 Å². The van der Waals surface area contributed by atoms with Gasteiger partial charge in [0.1, 0.15) is 5.75 Å². The van der Waals surface area contributed by atoms with Crippen LogP contribution in [0.2, 0.25) is 0 Å². The van der Waals surface area contributed by atoms with Crippen LogP contribution in [0.3, 0.4) is 0 Å². The number of aromatic hydroxyl groups is 1. The Kier molecular flexibility index (Phi) is 2.63. The molecule has 0 bridgehead atoms. The Hall–Kier alpha value is -2.49. The minimum atomic E-state index is -0.518. The largest absolute Gasteiger partial charge is 0.505 e. The number of nitrogens with zero attached hydrogens (tertiary/aromatic N) is 1. The molecule has 3 aromatic rings. The van der Waals surface area contributed by atoms with Crippen LogP contribution in [0.4, 0.5) is 0 Å². The monoisotopic (exact) mass is 255 g/mol. The summed E-state index contributed by atoms with van der Waals surface area (Å²) in [4.78, 5) is 11.9. The molecule has 0 aliphatic heterocycles. The third kappa shape index (κ3) is 1.73. The van der Waals surface area contributed by atoms with E-state index in [2.05, 4.69) is 0 Å². The minimum Gasteiger partial charge on any atom is -0.505 e. The number of fused-ring (bicyclic) bond motifs is 3. The van der Waals surface area contributed by atoms with Crippen LogP contribution in [0.15, 0.2) is 42.6 Å². The smallest absolute Gasteiger partial charge is 0.359 e. The van der Waals surface area contributed by atoms with Crippen molar-refractivity contribution in [1.82, 2.24) is 4.40 Å². The summed E-state index contributed by atoms with van der Waals surface area (Å²) in [6.45, 7) is 2.01. The number of pyridine rings is 1. The van der Waals surface area contributed by atoms with Crippen LogP contribution in [-0.2, 0) is 4.74 Å². The molecule has 2 aromatic heterocycles. The second-order valence-corrected chi connectivity index (χ2v) is 4.26. The van der Waals surface area contributed by atoms with E-state index in [-0.39, 0.29) is 18.1 Å². The number of carbonyl (C=O) groups excluding carboxylic acids is 1. The fraction of sp³-hybridized carbons (Fsp3) is 0.133. The number of benzene rings is 1. The van der Waals surface area contributed by atoms with Gasteiger partial charge >= 0.3 is 5.97 Å². The summed E-state index contributed by atoms with van der Waals surface area (Å²) in [5.74, 6) is -0.579. The number of rotatable bonds is 2. The van der Waals surface area contributed by atoms with Gasteiger partial charge in [0.25, 0.3) is 0 Å². The highest BCUT2D eigenvalue weighted by molar-refractivity contribution is 6.01. The number of hydrogen-bond donors (Lipinski definition) is 1. The summed E-state index contributed by atoms with van der Waals surface area (Å²) in [5, 5.41) is 12.0. The molecule has 0 aliphatic rings. The van der Waals surface area contributed by atoms with Crippen LogP contribution in [0, 0.1) is 0 Å². The van der Waals surface area contributed by atoms with E-state index in [1.807, 2.05) is 30.3 Å². The van der Waals surface area contributed by atoms with E-state index in [1.165, 1.54) is 0 Å². The van der Waals surface area contributed by atoms with E-state index in [0.29, 0.717) is 0 Å². The van der Waals surface area contributed by atoms with Gasteiger partial charge in [0, 0.05) is 17.6 Å². The molecule has 4 heteroatoms. The lowest BCUT2D eigenvalue weighted by atomic mass is 10.1. The van der Waals surface area contributed by atoms with Crippen molar-refractivity contribution in [2.45, 2.75) is 6.92 Å². The molecular formula is C15H13NO3. The fourth-order valence-electron chi connectivity index (χ4n) is 2.31. The van der Waals surface area contributed by atoms with Crippen molar-refractivity contribution in [3.8, 4) is 5.75 Å². The maximum atomic E-state index is 11.9. The maximum absolute atomic E-state index is 11.9. The van der Waals surface area contributed by atoms with Crippen LogP contribution >= 0.6 is 0 Å². The van der Waals surface area contributed by atoms with E-state index < -0.39 is 5.97 Å². The zero-order valence-electron chi connectivity index (χ0n) is 10.5. The number of hydrogen-bond acceptors (Lipinski definition) is 3. The predicted octanol–water partition coefficient (Wildman–Crippen LogP) is 2.97. The normalized spacial score (nSPS) is 11.0. The zero-order valence-corrected chi connectivity index (χ0v) is 10.5. The molecule has 0 aliphatic carbocycles. The Labute approximate surface area is 109 Å². The molecule has 0 amide bonds. The van der Waals surface area contributed by atoms with E-state index in [4.69, 9.17) is 4.74 Å². The van der Waals surface area contributed by atoms with Crippen molar-refractivity contribution < 1.29 is 14.6 Å². The van der Waals surface area contributed by atoms with Crippen LogP contribution in [0.5, 0.6) is 5.75 Å². The standard InChI is InChI=1S/C15H13NO3/c1-2-19-15(18)14-13(17)9-12-11-6-4-3-5-10(11)7-8-16(12)14/h3-9,17H,2H2,1H3. The van der Waals surface area contributed by atoms with Gasteiger partial charge in [-0.3, -0.25) is 0 Å². The molecule has 0 saturated carbocycles. The fourth-order valence-corrected chi connectivity index (χ4v) is 2.31. The molecule has 1 N–H and O–H groups in total. The van der Waals surface area contributed by atoms with Gasteiger partial charge in [0.2, 0.25) is 0 Å². The van der Waals surface area contributed by atoms with Crippen molar-refractivity contribution >= 4 is 22.3 Å². The lowest BCUT2D eigenvalue weighted by Gasteiger charge is -2.05. The number of ether oxygens (including phenoxy) is 1. The van der Waals surface area contributed by atoms with Crippen LogP contribution < -0.4 is 0 Å². The third-order valence-electron chi connectivity index (χ3n) is 3.13. The molecule has 1 aromatic carbocycles. The molecule has 3 rings (SSSR count). The van der Waals surface area contributed by atoms with Crippen molar-refractivity contribution in [1.29, 1.82) is 0 Å². The molecule has 0 saturated heterocycles. The minimum absolute atomic E-state index is 0.0604. The first-order valence-corrected chi connectivity index (χ1v) is 6.11. The van der Waals surface area contributed by atoms with Gasteiger partial charge in [-0.05, 0) is 18.4 Å². The molecule has 96 valence electrons. The Balaban J connectivity index is 2.33. The average Bonchev–Trinajstić information content (AvgIpc) is 2.75. The summed E-state index contributed by atoms with van der Waals surface area (Å²) in [6, 6.07) is 11.3. The first kappa shape index (κ1) is 11.6. The van der Waals surface area contributed by atoms with Gasteiger partial charge in [0.15, 0.2) is 5.69 Å². The highest BCUT2D eigenvalue weighted by Crippen LogP contribution is 2.29. The van der Waals surface area contributed by atoms with Crippen molar-refractivity contribution in [3.05, 3.63) is 48.3 Å². The van der Waals surface area contributed by atoms with E-state index in [0.717, 1.165) is 16.3 Å². The van der Waals surface area contributed by atoms with Crippen LogP contribution in [0.25, 0.3) is 16.3 Å². The Morgan fingerprint density at radius 1 is 1.32 bits per heavy atom. The maximum Gasteiger partial charge on any atom is 0.359 e. The Morgan fingerprint density at radius 3 is 2.89 bits per heavy atom. The molecule has 0 unspecified atom stereocenters. The summed E-state index contributed by atoms with van der Waals surface area (Å²) in [7, 11) is 0. The van der Waals surface area contributed by atoms with Gasteiger partial charge in [0.05, 0.1) is 12.1 Å². The van der Waals surface area contributed by atoms with Crippen LogP contribution in [0.1, 0.15) is 17.4 Å². The summed E-state index contributed by atoms with van der Waals surface area (Å²) < 4.78 is 6.63. The van der Waals surface area contributed by atoms with E-state index in [9.17, 15) is 9.90 Å². The van der Waals surface area contributed by atoms with Gasteiger partial charge in [-0.25, -0.2) is 4.79 Å². The number of aromatic nitrogens is 1. The predicted molar refractivity (Wildman–Crippen MR) is 72.5 cm³/mol. The Morgan fingerprint density at radius 2 is 2.11 bits per heavy atom. The van der Waals surface area contributed by atoms with Crippen molar-refractivity contribution in [2.75, 3.05) is 6.61 Å². The molecule has 0 spiro atoms. The van der Waals surface area contributed by atoms with Gasteiger partial charge in [-0.1, -0.05) is 24.3 Å². The summed E-state index contributed by atoms with van der Waals surface area (Å²) in [5.41, 5.74) is 0.959. The quantitative estimate of drug-likeness (QED) is 0.716. The molecule has 0 radical (unpaired) electrons. The molecule has 2 heterocycles. The molecular weight excluding hydrogens is 242 g/mol. The van der Waals surface area contributed by atoms with Crippen molar-refractivity contribution in [2.24, 2.45) is 0 Å². The molecule has 0 fully saturated rings. The first-order valence-electron chi connectivity index (χ1n) is 6.11. The highest BCUT2D eigenvalue weighted by atomic mass is 16.5. The lowest BCUT2D eigenvalue weighted by molar-refractivity contribution is 0.0515. The first-order chi connectivity index (χ1) is 9.22. The number of esters is 1. The van der Waals surface area contributed by atoms with E-state index >= 15 is 0 Å². The Bertz CT molecular complexity index is 774. The van der Waals surface area contributed by atoms with Gasteiger partial charge < -0.3 is 14.2 Å². The van der Waals surface area contributed by atoms with Crippen LogP contribution in [-0.4, -0.2) is 22.1 Å². The van der Waals surface area contributed by atoms with Gasteiger partial charge in [-0.15, -0.1) is 0 Å². The third-order valence-corrected chi connectivity index (χ3v) is 3.13.